The molecule has 1 aromatic rings. The lowest BCUT2D eigenvalue weighted by Crippen LogP contribution is -2.32. The van der Waals surface area contributed by atoms with Gasteiger partial charge in [-0.1, -0.05) is 57.3 Å². The van der Waals surface area contributed by atoms with Crippen molar-refractivity contribution in [1.29, 1.82) is 0 Å². The first kappa shape index (κ1) is 22.8. The summed E-state index contributed by atoms with van der Waals surface area (Å²) >= 11 is 0. The quantitative estimate of drug-likeness (QED) is 0.482. The molecule has 2 aliphatic rings. The van der Waals surface area contributed by atoms with Crippen molar-refractivity contribution in [3.8, 4) is 0 Å². The maximum Gasteiger partial charge on any atom is 0.145 e. The summed E-state index contributed by atoms with van der Waals surface area (Å²) in [6.07, 6.45) is 8.69. The van der Waals surface area contributed by atoms with Crippen LogP contribution in [0.1, 0.15) is 63.6 Å². The summed E-state index contributed by atoms with van der Waals surface area (Å²) in [5.41, 5.74) is 17.8. The predicted octanol–water partition coefficient (Wildman–Crippen LogP) is 6.44. The first-order chi connectivity index (χ1) is 14.8. The molecule has 1 aliphatic carbocycles. The van der Waals surface area contributed by atoms with Crippen LogP contribution >= 0.6 is 0 Å². The molecule has 0 saturated carbocycles. The Kier molecular flexibility index (Phi) is 7.00. The van der Waals surface area contributed by atoms with Crippen LogP contribution in [0.4, 0.5) is 0 Å². The molecular formula is C28H35N3. The van der Waals surface area contributed by atoms with Gasteiger partial charge in [0.15, 0.2) is 0 Å². The monoisotopic (exact) mass is 413 g/mol. The summed E-state index contributed by atoms with van der Waals surface area (Å²) in [4.78, 5) is 4.43. The molecule has 162 valence electrons. The van der Waals surface area contributed by atoms with Crippen LogP contribution in [-0.2, 0) is 6.42 Å². The van der Waals surface area contributed by atoms with Crippen LogP contribution in [0.5, 0.6) is 0 Å². The zero-order valence-corrected chi connectivity index (χ0v) is 19.2. The van der Waals surface area contributed by atoms with E-state index >= 15 is 0 Å². The molecule has 0 bridgehead atoms. The van der Waals surface area contributed by atoms with Crippen LogP contribution in [0.25, 0.3) is 0 Å². The molecule has 0 amide bonds. The highest BCUT2D eigenvalue weighted by Crippen LogP contribution is 2.50. The number of amidine groups is 1. The standard InChI is InChI=1S/C28H35N3/c1-7-16-28(18-22-11-9-10-12-24(22)26(28)29)17-15-21(6)25-20(5)13-14-23(19(3)4)27(31-25)30-8-2/h8-13,26H,2-3,6-7,15-18,29H2,1,4-5H3,(H,30,31)/t26-,28?/m1/s1. The summed E-state index contributed by atoms with van der Waals surface area (Å²) in [7, 11) is 0. The molecule has 1 heterocycles. The number of rotatable bonds is 8. The topological polar surface area (TPSA) is 50.4 Å². The second-order valence-electron chi connectivity index (χ2n) is 8.86. The van der Waals surface area contributed by atoms with Crippen molar-refractivity contribution in [2.75, 3.05) is 0 Å². The third-order valence-electron chi connectivity index (χ3n) is 6.57. The zero-order chi connectivity index (χ0) is 22.6. The number of hydrogen-bond acceptors (Lipinski definition) is 2. The Morgan fingerprint density at radius 2 is 2.06 bits per heavy atom. The van der Waals surface area contributed by atoms with Gasteiger partial charge in [0.25, 0.3) is 0 Å². The Bertz CT molecular complexity index is 1030. The Morgan fingerprint density at radius 1 is 1.32 bits per heavy atom. The minimum Gasteiger partial charge on any atom is -0.339 e. The van der Waals surface area contributed by atoms with Crippen LogP contribution in [0, 0.1) is 5.41 Å². The molecule has 31 heavy (non-hydrogen) atoms. The minimum atomic E-state index is 0.0723. The van der Waals surface area contributed by atoms with Crippen molar-refractivity contribution in [2.24, 2.45) is 16.1 Å². The first-order valence-corrected chi connectivity index (χ1v) is 11.1. The highest BCUT2D eigenvalue weighted by atomic mass is 15.0. The Hall–Kier alpha value is -2.87. The normalized spacial score (nSPS) is 23.8. The van der Waals surface area contributed by atoms with Crippen LogP contribution in [0.15, 0.2) is 95.0 Å². The SMILES string of the molecule is C=CN=C1NC(C(=C)CCC2(CCC)Cc3ccccc3[C@H]2N)=C(C)C=C=C1C(=C)C. The second-order valence-corrected chi connectivity index (χ2v) is 8.86. The smallest absolute Gasteiger partial charge is 0.145 e. The van der Waals surface area contributed by atoms with Gasteiger partial charge in [-0.3, -0.25) is 0 Å². The molecule has 0 radical (unpaired) electrons. The van der Waals surface area contributed by atoms with Crippen molar-refractivity contribution in [3.05, 3.63) is 101 Å². The molecule has 3 rings (SSSR count). The van der Waals surface area contributed by atoms with E-state index in [1.54, 1.807) is 6.20 Å². The molecule has 0 spiro atoms. The van der Waals surface area contributed by atoms with Gasteiger partial charge in [0.2, 0.25) is 0 Å². The van der Waals surface area contributed by atoms with E-state index in [9.17, 15) is 0 Å². The number of nitrogens with zero attached hydrogens (tertiary/aromatic N) is 1. The molecule has 1 aromatic carbocycles. The van der Waals surface area contributed by atoms with Crippen molar-refractivity contribution in [1.82, 2.24) is 5.32 Å². The summed E-state index contributed by atoms with van der Waals surface area (Å²) in [5, 5.41) is 3.48. The molecular weight excluding hydrogens is 378 g/mol. The lowest BCUT2D eigenvalue weighted by atomic mass is 9.73. The van der Waals surface area contributed by atoms with Gasteiger partial charge in [-0.25, -0.2) is 4.99 Å². The molecule has 0 fully saturated rings. The van der Waals surface area contributed by atoms with Gasteiger partial charge in [-0.05, 0) is 78.9 Å². The number of aliphatic imine (C=N–C) groups is 1. The van der Waals surface area contributed by atoms with Crippen molar-refractivity contribution in [2.45, 2.75) is 58.9 Å². The van der Waals surface area contributed by atoms with Gasteiger partial charge in [0.05, 0.1) is 5.57 Å². The molecule has 1 unspecified atom stereocenters. The molecule has 0 aromatic heterocycles. The number of hydrogen-bond donors (Lipinski definition) is 2. The molecule has 2 atom stereocenters. The van der Waals surface area contributed by atoms with E-state index in [2.05, 4.69) is 73.9 Å². The third-order valence-corrected chi connectivity index (χ3v) is 6.57. The molecule has 3 nitrogen and oxygen atoms in total. The number of nitrogens with one attached hydrogen (secondary N) is 1. The van der Waals surface area contributed by atoms with Crippen LogP contribution in [-0.4, -0.2) is 5.84 Å². The van der Waals surface area contributed by atoms with Crippen LogP contribution in [0.2, 0.25) is 0 Å². The number of allylic oxidation sites excluding steroid dienone is 2. The Balaban J connectivity index is 1.84. The Morgan fingerprint density at radius 3 is 2.71 bits per heavy atom. The van der Waals surface area contributed by atoms with Gasteiger partial charge >= 0.3 is 0 Å². The fraction of sp³-hybridized carbons (Fsp3) is 0.357. The summed E-state index contributed by atoms with van der Waals surface area (Å²) in [6, 6.07) is 8.72. The van der Waals surface area contributed by atoms with E-state index in [4.69, 9.17) is 5.73 Å². The van der Waals surface area contributed by atoms with Gasteiger partial charge in [0.1, 0.15) is 5.84 Å². The van der Waals surface area contributed by atoms with Gasteiger partial charge < -0.3 is 11.1 Å². The number of benzene rings is 1. The summed E-state index contributed by atoms with van der Waals surface area (Å²) < 4.78 is 0. The third kappa shape index (κ3) is 4.58. The maximum absolute atomic E-state index is 6.83. The second kappa shape index (κ2) is 9.51. The van der Waals surface area contributed by atoms with Crippen molar-refractivity contribution < 1.29 is 0 Å². The molecule has 3 heteroatoms. The highest BCUT2D eigenvalue weighted by molar-refractivity contribution is 6.03. The number of fused-ring (bicyclic) bond motifs is 1. The van der Waals surface area contributed by atoms with E-state index in [1.165, 1.54) is 11.1 Å². The van der Waals surface area contributed by atoms with Gasteiger partial charge in [0, 0.05) is 17.9 Å². The maximum atomic E-state index is 6.83. The first-order valence-electron chi connectivity index (χ1n) is 11.1. The average Bonchev–Trinajstić information content (AvgIpc) is 2.90. The highest BCUT2D eigenvalue weighted by Gasteiger charge is 2.42. The molecule has 3 N–H and O–H groups in total. The largest absolute Gasteiger partial charge is 0.339 e. The van der Waals surface area contributed by atoms with E-state index in [-0.39, 0.29) is 11.5 Å². The van der Waals surface area contributed by atoms with Crippen molar-refractivity contribution in [3.63, 3.8) is 0 Å². The fourth-order valence-corrected chi connectivity index (χ4v) is 4.93. The molecule has 0 saturated heterocycles. The van der Waals surface area contributed by atoms with Gasteiger partial charge in [-0.2, -0.15) is 0 Å². The zero-order valence-electron chi connectivity index (χ0n) is 19.2. The minimum absolute atomic E-state index is 0.0723. The van der Waals surface area contributed by atoms with E-state index in [1.807, 2.05) is 13.0 Å². The van der Waals surface area contributed by atoms with E-state index in [0.29, 0.717) is 5.84 Å². The lowest BCUT2D eigenvalue weighted by Gasteiger charge is -2.34. The summed E-state index contributed by atoms with van der Waals surface area (Å²) in [6.45, 7) is 18.5. The fourth-order valence-electron chi connectivity index (χ4n) is 4.93. The van der Waals surface area contributed by atoms with Gasteiger partial charge in [-0.15, -0.1) is 5.73 Å². The van der Waals surface area contributed by atoms with Crippen LogP contribution < -0.4 is 11.1 Å². The predicted molar refractivity (Wildman–Crippen MR) is 133 cm³/mol. The van der Waals surface area contributed by atoms with E-state index in [0.717, 1.165) is 60.1 Å². The van der Waals surface area contributed by atoms with Crippen LogP contribution in [0.3, 0.4) is 0 Å². The van der Waals surface area contributed by atoms with E-state index < -0.39 is 0 Å². The Labute approximate surface area is 187 Å². The average molecular weight is 414 g/mol. The van der Waals surface area contributed by atoms with Crippen molar-refractivity contribution >= 4 is 5.84 Å². The lowest BCUT2D eigenvalue weighted by molar-refractivity contribution is 0.203. The summed E-state index contributed by atoms with van der Waals surface area (Å²) in [5.74, 6) is 0.708. The molecule has 1 aliphatic heterocycles. The number of nitrogens with two attached hydrogens (primary N) is 1.